The highest BCUT2D eigenvalue weighted by molar-refractivity contribution is 5.82. The zero-order chi connectivity index (χ0) is 13.1. The lowest BCUT2D eigenvalue weighted by Crippen LogP contribution is -2.46. The van der Waals surface area contributed by atoms with Gasteiger partial charge in [0.15, 0.2) is 0 Å². The van der Waals surface area contributed by atoms with Gasteiger partial charge < -0.3 is 20.7 Å². The molecule has 4 N–H and O–H groups in total. The number of carbonyl (C=O) groups excluding carboxylic acids is 1. The Morgan fingerprint density at radius 3 is 2.72 bits per heavy atom. The molecule has 1 aliphatic rings. The van der Waals surface area contributed by atoms with E-state index in [1.165, 1.54) is 12.3 Å². The fourth-order valence-electron chi connectivity index (χ4n) is 2.14. The molecule has 2 atom stereocenters. The maximum atomic E-state index is 12.0. The minimum Gasteiger partial charge on any atom is -0.386 e. The van der Waals surface area contributed by atoms with Gasteiger partial charge in [0.2, 0.25) is 5.91 Å². The summed E-state index contributed by atoms with van der Waals surface area (Å²) in [5, 5.41) is 10.0. The van der Waals surface area contributed by atoms with Crippen LogP contribution in [0.25, 0.3) is 0 Å². The van der Waals surface area contributed by atoms with Gasteiger partial charge in [0, 0.05) is 24.8 Å². The number of amides is 1. The molecule has 1 aromatic heterocycles. The fourth-order valence-corrected chi connectivity index (χ4v) is 2.14. The van der Waals surface area contributed by atoms with Crippen molar-refractivity contribution in [3.63, 3.8) is 0 Å². The number of aliphatic hydroxyl groups is 1. The first kappa shape index (κ1) is 12.8. The van der Waals surface area contributed by atoms with Gasteiger partial charge in [-0.3, -0.25) is 9.59 Å². The van der Waals surface area contributed by atoms with Crippen molar-refractivity contribution in [1.29, 1.82) is 0 Å². The highest BCUT2D eigenvalue weighted by Crippen LogP contribution is 2.16. The topological polar surface area (TPSA) is 99.4 Å². The first-order valence-corrected chi connectivity index (χ1v) is 6.01. The molecule has 0 spiro atoms. The molecule has 0 aromatic carbocycles. The van der Waals surface area contributed by atoms with E-state index in [2.05, 4.69) is 4.98 Å². The van der Waals surface area contributed by atoms with Crippen LogP contribution in [0.4, 0.5) is 0 Å². The van der Waals surface area contributed by atoms with E-state index in [-0.39, 0.29) is 11.5 Å². The number of pyridine rings is 1. The second kappa shape index (κ2) is 5.32. The van der Waals surface area contributed by atoms with Gasteiger partial charge in [-0.05, 0) is 25.0 Å². The normalized spacial score (nSPS) is 18.7. The number of aromatic nitrogens is 1. The molecule has 0 aliphatic carbocycles. The predicted octanol–water partition coefficient (Wildman–Crippen LogP) is -0.642. The molecule has 18 heavy (non-hydrogen) atoms. The summed E-state index contributed by atoms with van der Waals surface area (Å²) in [7, 11) is 0. The van der Waals surface area contributed by atoms with Crippen LogP contribution in [0.15, 0.2) is 23.1 Å². The van der Waals surface area contributed by atoms with Crippen molar-refractivity contribution < 1.29 is 9.90 Å². The van der Waals surface area contributed by atoms with Crippen LogP contribution in [0.1, 0.15) is 24.5 Å². The Morgan fingerprint density at radius 2 is 2.11 bits per heavy atom. The van der Waals surface area contributed by atoms with E-state index in [0.29, 0.717) is 13.1 Å². The molecule has 0 saturated carbocycles. The Hall–Kier alpha value is -1.66. The number of nitrogens with two attached hydrogens (primary N) is 1. The zero-order valence-corrected chi connectivity index (χ0v) is 10.0. The number of likely N-dealkylation sites (tertiary alicyclic amines) is 1. The number of aromatic amines is 1. The molecule has 0 bridgehead atoms. The van der Waals surface area contributed by atoms with Crippen LogP contribution in [-0.4, -0.2) is 40.0 Å². The average molecular weight is 251 g/mol. The molecule has 2 rings (SSSR count). The highest BCUT2D eigenvalue weighted by Gasteiger charge is 2.30. The van der Waals surface area contributed by atoms with E-state index in [4.69, 9.17) is 5.73 Å². The number of aliphatic hydroxyl groups excluding tert-OH is 1. The highest BCUT2D eigenvalue weighted by atomic mass is 16.3. The number of carbonyl (C=O) groups is 1. The lowest BCUT2D eigenvalue weighted by molar-refractivity contribution is -0.134. The van der Waals surface area contributed by atoms with Gasteiger partial charge in [-0.1, -0.05) is 0 Å². The zero-order valence-electron chi connectivity index (χ0n) is 10.0. The molecule has 6 nitrogen and oxygen atoms in total. The summed E-state index contributed by atoms with van der Waals surface area (Å²) in [6.07, 6.45) is 2.11. The lowest BCUT2D eigenvalue weighted by Gasteiger charge is -2.23. The summed E-state index contributed by atoms with van der Waals surface area (Å²) in [6, 6.07) is 1.97. The largest absolute Gasteiger partial charge is 0.386 e. The molecular weight excluding hydrogens is 234 g/mol. The minimum absolute atomic E-state index is 0.123. The summed E-state index contributed by atoms with van der Waals surface area (Å²) in [6.45, 7) is 1.34. The fraction of sp³-hybridized carbons (Fsp3) is 0.500. The van der Waals surface area contributed by atoms with Crippen LogP contribution in [0, 0.1) is 0 Å². The summed E-state index contributed by atoms with van der Waals surface area (Å²) in [4.78, 5) is 27.6. The molecule has 1 aliphatic heterocycles. The van der Waals surface area contributed by atoms with Gasteiger partial charge in [-0.25, -0.2) is 0 Å². The molecule has 1 aromatic rings. The summed E-state index contributed by atoms with van der Waals surface area (Å²) in [5.74, 6) is -0.303. The van der Waals surface area contributed by atoms with Crippen molar-refractivity contribution in [2.45, 2.75) is 25.0 Å². The molecule has 98 valence electrons. The van der Waals surface area contributed by atoms with E-state index < -0.39 is 17.7 Å². The third-order valence-corrected chi connectivity index (χ3v) is 3.21. The SMILES string of the molecule is NC(C(=O)N1CCCC1)C(O)c1ccc[nH]c1=O. The summed E-state index contributed by atoms with van der Waals surface area (Å²) >= 11 is 0. The van der Waals surface area contributed by atoms with Crippen LogP contribution in [-0.2, 0) is 4.79 Å². The first-order valence-electron chi connectivity index (χ1n) is 6.01. The number of hydrogen-bond acceptors (Lipinski definition) is 4. The Kier molecular flexibility index (Phi) is 3.78. The third-order valence-electron chi connectivity index (χ3n) is 3.21. The summed E-state index contributed by atoms with van der Waals surface area (Å²) < 4.78 is 0. The van der Waals surface area contributed by atoms with Crippen molar-refractivity contribution in [1.82, 2.24) is 9.88 Å². The van der Waals surface area contributed by atoms with E-state index in [9.17, 15) is 14.7 Å². The van der Waals surface area contributed by atoms with Crippen molar-refractivity contribution in [2.75, 3.05) is 13.1 Å². The van der Waals surface area contributed by atoms with Gasteiger partial charge in [0.1, 0.15) is 12.1 Å². The molecule has 1 saturated heterocycles. The van der Waals surface area contributed by atoms with Crippen LogP contribution < -0.4 is 11.3 Å². The Labute approximate surface area is 104 Å². The van der Waals surface area contributed by atoms with Crippen LogP contribution in [0.2, 0.25) is 0 Å². The number of H-pyrrole nitrogens is 1. The second-order valence-corrected chi connectivity index (χ2v) is 4.46. The standard InChI is InChI=1S/C12H17N3O3/c13-9(12(18)15-6-1-2-7-15)10(16)8-4-3-5-14-11(8)17/h3-5,9-10,16H,1-2,6-7,13H2,(H,14,17). The Balaban J connectivity index is 2.13. The van der Waals surface area contributed by atoms with Crippen molar-refractivity contribution in [3.05, 3.63) is 34.2 Å². The molecule has 2 unspecified atom stereocenters. The van der Waals surface area contributed by atoms with Crippen LogP contribution in [0.3, 0.4) is 0 Å². The molecule has 6 heteroatoms. The maximum absolute atomic E-state index is 12.0. The van der Waals surface area contributed by atoms with Crippen LogP contribution in [0.5, 0.6) is 0 Å². The van der Waals surface area contributed by atoms with E-state index >= 15 is 0 Å². The quantitative estimate of drug-likeness (QED) is 0.665. The van der Waals surface area contributed by atoms with Crippen molar-refractivity contribution in [3.8, 4) is 0 Å². The van der Waals surface area contributed by atoms with Gasteiger partial charge >= 0.3 is 0 Å². The van der Waals surface area contributed by atoms with Gasteiger partial charge in [-0.2, -0.15) is 0 Å². The first-order chi connectivity index (χ1) is 8.61. The van der Waals surface area contributed by atoms with Crippen LogP contribution >= 0.6 is 0 Å². The minimum atomic E-state index is -1.27. The Bertz CT molecular complexity index is 479. The Morgan fingerprint density at radius 1 is 1.44 bits per heavy atom. The van der Waals surface area contributed by atoms with E-state index in [1.54, 1.807) is 11.0 Å². The maximum Gasteiger partial charge on any atom is 0.253 e. The number of nitrogens with one attached hydrogen (secondary N) is 1. The molecule has 0 radical (unpaired) electrons. The smallest absolute Gasteiger partial charge is 0.253 e. The molecule has 1 fully saturated rings. The molecule has 2 heterocycles. The predicted molar refractivity (Wildman–Crippen MR) is 65.8 cm³/mol. The number of rotatable bonds is 3. The van der Waals surface area contributed by atoms with Gasteiger partial charge in [-0.15, -0.1) is 0 Å². The van der Waals surface area contributed by atoms with E-state index in [0.717, 1.165) is 12.8 Å². The van der Waals surface area contributed by atoms with Gasteiger partial charge in [0.05, 0.1) is 0 Å². The third kappa shape index (κ3) is 2.44. The number of nitrogens with zero attached hydrogens (tertiary/aromatic N) is 1. The number of hydrogen-bond donors (Lipinski definition) is 3. The molecule has 1 amide bonds. The second-order valence-electron chi connectivity index (χ2n) is 4.46. The average Bonchev–Trinajstić information content (AvgIpc) is 2.90. The van der Waals surface area contributed by atoms with E-state index in [1.807, 2.05) is 0 Å². The van der Waals surface area contributed by atoms with Crippen molar-refractivity contribution in [2.24, 2.45) is 5.73 Å². The van der Waals surface area contributed by atoms with Gasteiger partial charge in [0.25, 0.3) is 5.56 Å². The lowest BCUT2D eigenvalue weighted by atomic mass is 10.0. The molecular formula is C12H17N3O3. The monoisotopic (exact) mass is 251 g/mol. The summed E-state index contributed by atoms with van der Waals surface area (Å²) in [5.41, 5.74) is 5.45. The van der Waals surface area contributed by atoms with Crippen molar-refractivity contribution >= 4 is 5.91 Å².